The number of nitrogen functional groups attached to an aromatic ring is 1. The number of ether oxygens (including phenoxy) is 2. The van der Waals surface area contributed by atoms with Gasteiger partial charge in [0.15, 0.2) is 5.69 Å². The van der Waals surface area contributed by atoms with E-state index >= 15 is 0 Å². The first kappa shape index (κ1) is 25.1. The monoisotopic (exact) mass is 509 g/mol. The third kappa shape index (κ3) is 5.31. The third-order valence-electron chi connectivity index (χ3n) is 5.87. The zero-order chi connectivity index (χ0) is 25.7. The summed E-state index contributed by atoms with van der Waals surface area (Å²) in [5.74, 6) is -1.22. The Kier molecular flexibility index (Phi) is 7.81. The van der Waals surface area contributed by atoms with Crippen LogP contribution in [-0.4, -0.2) is 48.5 Å². The number of anilines is 2. The molecule has 0 saturated carbocycles. The summed E-state index contributed by atoms with van der Waals surface area (Å²) in [5.41, 5.74) is 12.1. The summed E-state index contributed by atoms with van der Waals surface area (Å²) >= 11 is 0.761. The van der Waals surface area contributed by atoms with Crippen molar-refractivity contribution in [3.8, 4) is 5.75 Å². The van der Waals surface area contributed by atoms with Crippen LogP contribution in [-0.2, 0) is 9.53 Å². The summed E-state index contributed by atoms with van der Waals surface area (Å²) < 4.78 is 14.9. The molecule has 1 aliphatic rings. The zero-order valence-corrected chi connectivity index (χ0v) is 20.5. The molecule has 1 saturated heterocycles. The van der Waals surface area contributed by atoms with Crippen molar-refractivity contribution in [3.63, 3.8) is 0 Å². The minimum atomic E-state index is -1.06. The number of rotatable bonds is 9. The van der Waals surface area contributed by atoms with E-state index in [1.54, 1.807) is 61.7 Å². The molecule has 0 radical (unpaired) electrons. The molecule has 2 heterocycles. The second-order valence-corrected chi connectivity index (χ2v) is 8.98. The van der Waals surface area contributed by atoms with Crippen molar-refractivity contribution in [2.45, 2.75) is 25.0 Å². The van der Waals surface area contributed by atoms with Crippen LogP contribution in [0.3, 0.4) is 0 Å². The molecule has 0 aliphatic carbocycles. The van der Waals surface area contributed by atoms with E-state index < -0.39 is 23.8 Å². The van der Waals surface area contributed by atoms with Crippen molar-refractivity contribution in [1.29, 1.82) is 0 Å². The van der Waals surface area contributed by atoms with Gasteiger partial charge in [-0.1, -0.05) is 30.3 Å². The Morgan fingerprint density at radius 1 is 1.19 bits per heavy atom. The van der Waals surface area contributed by atoms with Crippen LogP contribution >= 0.6 is 11.5 Å². The van der Waals surface area contributed by atoms with Crippen molar-refractivity contribution >= 4 is 40.6 Å². The molecule has 36 heavy (non-hydrogen) atoms. The molecule has 0 bridgehead atoms. The largest absolute Gasteiger partial charge is 0.497 e. The number of primary amides is 1. The summed E-state index contributed by atoms with van der Waals surface area (Å²) in [6.07, 6.45) is 1.70. The third-order valence-corrected chi connectivity index (χ3v) is 6.73. The Bertz CT molecular complexity index is 1230. The van der Waals surface area contributed by atoms with E-state index in [1.165, 1.54) is 4.90 Å². The Balaban J connectivity index is 1.78. The molecule has 4 rings (SSSR count). The van der Waals surface area contributed by atoms with Gasteiger partial charge < -0.3 is 26.3 Å². The van der Waals surface area contributed by atoms with Crippen LogP contribution in [0.5, 0.6) is 5.75 Å². The normalized spacial score (nSPS) is 15.8. The van der Waals surface area contributed by atoms with Gasteiger partial charge in [0.05, 0.1) is 18.9 Å². The number of aromatic nitrogens is 1. The van der Waals surface area contributed by atoms with E-state index in [0.717, 1.165) is 24.4 Å². The number of carbonyl (C=O) groups excluding carboxylic acids is 3. The van der Waals surface area contributed by atoms with Crippen LogP contribution in [0.1, 0.15) is 44.6 Å². The second kappa shape index (κ2) is 11.2. The fourth-order valence-corrected chi connectivity index (χ4v) is 4.77. The van der Waals surface area contributed by atoms with Gasteiger partial charge in [0.1, 0.15) is 16.7 Å². The average molecular weight is 510 g/mol. The molecule has 0 spiro atoms. The van der Waals surface area contributed by atoms with Crippen molar-refractivity contribution in [1.82, 2.24) is 9.69 Å². The van der Waals surface area contributed by atoms with Gasteiger partial charge in [-0.05, 0) is 54.2 Å². The quantitative estimate of drug-likeness (QED) is 0.401. The maximum atomic E-state index is 13.9. The minimum absolute atomic E-state index is 0.0121. The first-order valence-electron chi connectivity index (χ1n) is 11.4. The lowest BCUT2D eigenvalue weighted by atomic mass is 10.0. The predicted octanol–water partition coefficient (Wildman–Crippen LogP) is 2.52. The fourth-order valence-electron chi connectivity index (χ4n) is 4.03. The highest BCUT2D eigenvalue weighted by molar-refractivity contribution is 7.09. The number of nitrogens with one attached hydrogen (secondary N) is 1. The molecule has 1 aliphatic heterocycles. The predicted molar refractivity (Wildman–Crippen MR) is 136 cm³/mol. The van der Waals surface area contributed by atoms with Crippen molar-refractivity contribution in [3.05, 3.63) is 70.7 Å². The first-order valence-corrected chi connectivity index (χ1v) is 12.1. The Labute approximate surface area is 212 Å². The summed E-state index contributed by atoms with van der Waals surface area (Å²) in [5, 5.41) is 2.94. The molecule has 3 amide bonds. The van der Waals surface area contributed by atoms with E-state index in [0.29, 0.717) is 30.2 Å². The van der Waals surface area contributed by atoms with Gasteiger partial charge in [-0.2, -0.15) is 4.37 Å². The molecule has 2 atom stereocenters. The average Bonchev–Trinajstić information content (AvgIpc) is 3.56. The topological polar surface area (TPSA) is 150 Å². The van der Waals surface area contributed by atoms with Crippen LogP contribution in [0, 0.1) is 0 Å². The van der Waals surface area contributed by atoms with E-state index in [4.69, 9.17) is 20.9 Å². The number of para-hydroxylation sites is 1. The van der Waals surface area contributed by atoms with E-state index in [2.05, 4.69) is 9.69 Å². The van der Waals surface area contributed by atoms with E-state index in [9.17, 15) is 14.4 Å². The van der Waals surface area contributed by atoms with Crippen LogP contribution in [0.2, 0.25) is 0 Å². The maximum absolute atomic E-state index is 13.9. The summed E-state index contributed by atoms with van der Waals surface area (Å²) in [6, 6.07) is 14.6. The second-order valence-electron chi connectivity index (χ2n) is 8.20. The van der Waals surface area contributed by atoms with Gasteiger partial charge in [-0.25, -0.2) is 0 Å². The molecule has 11 heteroatoms. The van der Waals surface area contributed by atoms with Crippen molar-refractivity contribution in [2.24, 2.45) is 5.73 Å². The zero-order valence-electron chi connectivity index (χ0n) is 19.7. The molecule has 1 aromatic heterocycles. The highest BCUT2D eigenvalue weighted by Gasteiger charge is 2.36. The standard InChI is InChI=1S/C25H27N5O5S/c1-34-17-11-9-15(10-12-17)21(24(32)28-14-18-8-5-13-35-18)30(16-6-3-2-4-7-16)25(33)22-19(26)20(23(27)31)29-36-22/h2-4,6-7,9-12,18,21H,5,8,13-14,26H2,1H3,(H2,27,31)(H,28,32)/t18-,21+/m0/s1. The summed E-state index contributed by atoms with van der Waals surface area (Å²) in [4.78, 5) is 40.7. The number of hydrogen-bond acceptors (Lipinski definition) is 8. The van der Waals surface area contributed by atoms with Gasteiger partial charge in [-0.3, -0.25) is 19.3 Å². The van der Waals surface area contributed by atoms with E-state index in [1.807, 2.05) is 0 Å². The lowest BCUT2D eigenvalue weighted by molar-refractivity contribution is -0.123. The number of amides is 3. The molecular formula is C25H27N5O5S. The number of hydrogen-bond donors (Lipinski definition) is 3. The highest BCUT2D eigenvalue weighted by atomic mass is 32.1. The Morgan fingerprint density at radius 2 is 1.92 bits per heavy atom. The van der Waals surface area contributed by atoms with Gasteiger partial charge >= 0.3 is 0 Å². The number of benzene rings is 2. The molecule has 1 fully saturated rings. The SMILES string of the molecule is COc1ccc([C@H](C(=O)NC[C@@H]2CCCO2)N(C(=O)c2snc(C(N)=O)c2N)c2ccccc2)cc1. The molecule has 3 aromatic rings. The van der Waals surface area contributed by atoms with Gasteiger partial charge in [0.25, 0.3) is 11.8 Å². The highest BCUT2D eigenvalue weighted by Crippen LogP contribution is 2.33. The smallest absolute Gasteiger partial charge is 0.273 e. The minimum Gasteiger partial charge on any atom is -0.497 e. The molecular weight excluding hydrogens is 482 g/mol. The van der Waals surface area contributed by atoms with Crippen molar-refractivity contribution < 1.29 is 23.9 Å². The van der Waals surface area contributed by atoms with Crippen molar-refractivity contribution in [2.75, 3.05) is 30.9 Å². The number of carbonyl (C=O) groups is 3. The van der Waals surface area contributed by atoms with Gasteiger partial charge in [0, 0.05) is 18.8 Å². The van der Waals surface area contributed by atoms with Crippen LogP contribution in [0.4, 0.5) is 11.4 Å². The van der Waals surface area contributed by atoms with Crippen LogP contribution < -0.4 is 26.4 Å². The van der Waals surface area contributed by atoms with Gasteiger partial charge in [-0.15, -0.1) is 0 Å². The number of methoxy groups -OCH3 is 1. The fraction of sp³-hybridized carbons (Fsp3) is 0.280. The lowest BCUT2D eigenvalue weighted by Gasteiger charge is -2.31. The van der Waals surface area contributed by atoms with E-state index in [-0.39, 0.29) is 22.4 Å². The van der Waals surface area contributed by atoms with Gasteiger partial charge in [0.2, 0.25) is 5.91 Å². The molecule has 188 valence electrons. The van der Waals surface area contributed by atoms with Crippen LogP contribution in [0.15, 0.2) is 54.6 Å². The molecule has 5 N–H and O–H groups in total. The van der Waals surface area contributed by atoms with Crippen LogP contribution in [0.25, 0.3) is 0 Å². The Morgan fingerprint density at radius 3 is 2.50 bits per heavy atom. The summed E-state index contributed by atoms with van der Waals surface area (Å²) in [7, 11) is 1.55. The maximum Gasteiger partial charge on any atom is 0.273 e. The number of nitrogens with zero attached hydrogens (tertiary/aromatic N) is 2. The molecule has 0 unspecified atom stereocenters. The first-order chi connectivity index (χ1) is 17.4. The molecule has 2 aromatic carbocycles. The lowest BCUT2D eigenvalue weighted by Crippen LogP contribution is -2.45. The summed E-state index contributed by atoms with van der Waals surface area (Å²) in [6.45, 7) is 0.973. The number of nitrogens with two attached hydrogens (primary N) is 2. The molecule has 10 nitrogen and oxygen atoms in total. The Hall–Kier alpha value is -3.96.